The van der Waals surface area contributed by atoms with E-state index in [4.69, 9.17) is 4.52 Å². The maximum absolute atomic E-state index is 12.5. The Morgan fingerprint density at radius 2 is 2.32 bits per heavy atom. The second kappa shape index (κ2) is 7.79. The first-order chi connectivity index (χ1) is 12.0. The summed E-state index contributed by atoms with van der Waals surface area (Å²) in [6.45, 7) is 3.33. The van der Waals surface area contributed by atoms with E-state index in [-0.39, 0.29) is 5.91 Å². The van der Waals surface area contributed by atoms with Crippen LogP contribution in [0.2, 0.25) is 0 Å². The van der Waals surface area contributed by atoms with Gasteiger partial charge in [0.05, 0.1) is 5.69 Å². The van der Waals surface area contributed by atoms with E-state index in [0.29, 0.717) is 24.7 Å². The molecule has 2 aromatic heterocycles. The second-order valence-electron chi connectivity index (χ2n) is 6.81. The van der Waals surface area contributed by atoms with Crippen LogP contribution in [0.25, 0.3) is 0 Å². The molecule has 1 N–H and O–H groups in total. The maximum Gasteiger partial charge on any atom is 0.272 e. The highest BCUT2D eigenvalue weighted by molar-refractivity contribution is 5.93. The van der Waals surface area contributed by atoms with Gasteiger partial charge >= 0.3 is 0 Å². The van der Waals surface area contributed by atoms with E-state index in [1.54, 1.807) is 10.7 Å². The second-order valence-corrected chi connectivity index (χ2v) is 6.81. The number of carbonyl (C=O) groups is 1. The minimum absolute atomic E-state index is 0.137. The van der Waals surface area contributed by atoms with Crippen molar-refractivity contribution in [3.05, 3.63) is 35.5 Å². The number of aromatic nitrogens is 3. The van der Waals surface area contributed by atoms with Crippen LogP contribution >= 0.6 is 0 Å². The summed E-state index contributed by atoms with van der Waals surface area (Å²) in [5.74, 6) is -0.137. The van der Waals surface area contributed by atoms with Crippen molar-refractivity contribution in [2.45, 2.75) is 25.4 Å². The minimum Gasteiger partial charge on any atom is -0.365 e. The molecule has 0 spiro atoms. The first-order valence-corrected chi connectivity index (χ1v) is 8.61. The standard InChI is InChI=1S/C17H26N6O2/c1-21(2)15-5-8-23(12-15)11-13-10-22(3)19-16(13)17(24)18-7-4-14-6-9-25-20-14/h6,9-10,15H,4-5,7-8,11-12H2,1-3H3,(H,18,24). The number of amides is 1. The Labute approximate surface area is 147 Å². The third-order valence-electron chi connectivity index (χ3n) is 4.65. The Bertz CT molecular complexity index is 694. The molecular weight excluding hydrogens is 320 g/mol. The van der Waals surface area contributed by atoms with E-state index in [0.717, 1.165) is 37.3 Å². The molecule has 2 aromatic rings. The van der Waals surface area contributed by atoms with Crippen LogP contribution in [0, 0.1) is 0 Å². The molecule has 3 rings (SSSR count). The van der Waals surface area contributed by atoms with Crippen LogP contribution in [0.4, 0.5) is 0 Å². The Balaban J connectivity index is 1.57. The SMILES string of the molecule is CN(C)C1CCN(Cc2cn(C)nc2C(=O)NCCc2ccon2)C1. The zero-order chi connectivity index (χ0) is 17.8. The molecule has 0 bridgehead atoms. The third-order valence-corrected chi connectivity index (χ3v) is 4.65. The maximum atomic E-state index is 12.5. The molecule has 1 atom stereocenters. The van der Waals surface area contributed by atoms with Crippen molar-refractivity contribution >= 4 is 5.91 Å². The lowest BCUT2D eigenvalue weighted by Gasteiger charge is -2.20. The summed E-state index contributed by atoms with van der Waals surface area (Å²) in [6.07, 6.45) is 5.27. The number of likely N-dealkylation sites (tertiary alicyclic amines) is 1. The topological polar surface area (TPSA) is 79.4 Å². The summed E-state index contributed by atoms with van der Waals surface area (Å²) in [7, 11) is 6.08. The lowest BCUT2D eigenvalue weighted by atomic mass is 10.2. The van der Waals surface area contributed by atoms with Gasteiger partial charge in [-0.15, -0.1) is 0 Å². The van der Waals surface area contributed by atoms with Crippen LogP contribution in [-0.4, -0.2) is 70.4 Å². The fraction of sp³-hybridized carbons (Fsp3) is 0.588. The molecule has 8 heteroatoms. The summed E-state index contributed by atoms with van der Waals surface area (Å²) >= 11 is 0. The van der Waals surface area contributed by atoms with Gasteiger partial charge in [0, 0.05) is 63.5 Å². The quantitative estimate of drug-likeness (QED) is 0.787. The highest BCUT2D eigenvalue weighted by atomic mass is 16.5. The zero-order valence-corrected chi connectivity index (χ0v) is 15.1. The molecule has 1 saturated heterocycles. The number of aryl methyl sites for hydroxylation is 1. The van der Waals surface area contributed by atoms with E-state index in [1.165, 1.54) is 6.26 Å². The van der Waals surface area contributed by atoms with Crippen molar-refractivity contribution in [3.8, 4) is 0 Å². The number of likely N-dealkylation sites (N-methyl/N-ethyl adjacent to an activating group) is 1. The lowest BCUT2D eigenvalue weighted by molar-refractivity contribution is 0.0946. The van der Waals surface area contributed by atoms with E-state index in [2.05, 4.69) is 39.5 Å². The number of rotatable bonds is 7. The number of nitrogens with zero attached hydrogens (tertiary/aromatic N) is 5. The Morgan fingerprint density at radius 1 is 1.48 bits per heavy atom. The first kappa shape index (κ1) is 17.6. The molecule has 3 heterocycles. The van der Waals surface area contributed by atoms with Gasteiger partial charge in [-0.25, -0.2) is 0 Å². The van der Waals surface area contributed by atoms with Gasteiger partial charge in [-0.3, -0.25) is 14.4 Å². The molecule has 0 aromatic carbocycles. The van der Waals surface area contributed by atoms with E-state index < -0.39 is 0 Å². The van der Waals surface area contributed by atoms with Gasteiger partial charge in [-0.1, -0.05) is 5.16 Å². The predicted molar refractivity (Wildman–Crippen MR) is 93.1 cm³/mol. The fourth-order valence-electron chi connectivity index (χ4n) is 3.22. The van der Waals surface area contributed by atoms with Gasteiger partial charge in [0.25, 0.3) is 5.91 Å². The van der Waals surface area contributed by atoms with Gasteiger partial charge in [-0.2, -0.15) is 5.10 Å². The Kier molecular flexibility index (Phi) is 5.50. The largest absolute Gasteiger partial charge is 0.365 e. The van der Waals surface area contributed by atoms with Crippen molar-refractivity contribution in [2.24, 2.45) is 7.05 Å². The van der Waals surface area contributed by atoms with Gasteiger partial charge in [0.1, 0.15) is 6.26 Å². The Morgan fingerprint density at radius 3 is 3.00 bits per heavy atom. The molecule has 0 saturated carbocycles. The zero-order valence-electron chi connectivity index (χ0n) is 15.1. The van der Waals surface area contributed by atoms with Crippen molar-refractivity contribution in [1.29, 1.82) is 0 Å². The van der Waals surface area contributed by atoms with Gasteiger partial charge in [0.2, 0.25) is 0 Å². The van der Waals surface area contributed by atoms with Crippen molar-refractivity contribution in [2.75, 3.05) is 33.7 Å². The van der Waals surface area contributed by atoms with Gasteiger partial charge in [0.15, 0.2) is 5.69 Å². The summed E-state index contributed by atoms with van der Waals surface area (Å²) in [5.41, 5.74) is 2.31. The number of hydrogen-bond donors (Lipinski definition) is 1. The summed E-state index contributed by atoms with van der Waals surface area (Å²) in [5, 5.41) is 11.1. The number of hydrogen-bond acceptors (Lipinski definition) is 6. The molecular formula is C17H26N6O2. The van der Waals surface area contributed by atoms with Crippen LogP contribution in [0.3, 0.4) is 0 Å². The molecule has 25 heavy (non-hydrogen) atoms. The third kappa shape index (κ3) is 4.46. The first-order valence-electron chi connectivity index (χ1n) is 8.61. The average Bonchev–Trinajstić information content (AvgIpc) is 3.28. The predicted octanol–water partition coefficient (Wildman–Crippen LogP) is 0.517. The highest BCUT2D eigenvalue weighted by Gasteiger charge is 2.26. The normalized spacial score (nSPS) is 18.2. The molecule has 0 aliphatic carbocycles. The van der Waals surface area contributed by atoms with Crippen LogP contribution < -0.4 is 5.32 Å². The van der Waals surface area contributed by atoms with Crippen LogP contribution in [-0.2, 0) is 20.0 Å². The smallest absolute Gasteiger partial charge is 0.272 e. The van der Waals surface area contributed by atoms with Crippen molar-refractivity contribution < 1.29 is 9.32 Å². The molecule has 1 aliphatic rings. The van der Waals surface area contributed by atoms with E-state index >= 15 is 0 Å². The molecule has 1 unspecified atom stereocenters. The fourth-order valence-corrected chi connectivity index (χ4v) is 3.22. The van der Waals surface area contributed by atoms with Gasteiger partial charge < -0.3 is 14.7 Å². The molecule has 0 radical (unpaired) electrons. The Hall–Kier alpha value is -2.19. The van der Waals surface area contributed by atoms with Crippen molar-refractivity contribution in [3.63, 3.8) is 0 Å². The van der Waals surface area contributed by atoms with Crippen LogP contribution in [0.15, 0.2) is 23.0 Å². The summed E-state index contributed by atoms with van der Waals surface area (Å²) in [4.78, 5) is 17.1. The van der Waals surface area contributed by atoms with Crippen LogP contribution in [0.5, 0.6) is 0 Å². The monoisotopic (exact) mass is 346 g/mol. The minimum atomic E-state index is -0.137. The summed E-state index contributed by atoms with van der Waals surface area (Å²) in [6, 6.07) is 2.38. The molecule has 8 nitrogen and oxygen atoms in total. The highest BCUT2D eigenvalue weighted by Crippen LogP contribution is 2.18. The van der Waals surface area contributed by atoms with E-state index in [1.807, 2.05) is 13.2 Å². The summed E-state index contributed by atoms with van der Waals surface area (Å²) < 4.78 is 6.50. The van der Waals surface area contributed by atoms with Crippen molar-refractivity contribution in [1.82, 2.24) is 30.1 Å². The molecule has 1 amide bonds. The number of nitrogens with one attached hydrogen (secondary N) is 1. The van der Waals surface area contributed by atoms with E-state index in [9.17, 15) is 4.79 Å². The van der Waals surface area contributed by atoms with Crippen LogP contribution in [0.1, 0.15) is 28.2 Å². The molecule has 1 aliphatic heterocycles. The molecule has 1 fully saturated rings. The van der Waals surface area contributed by atoms with Gasteiger partial charge in [-0.05, 0) is 20.5 Å². The average molecular weight is 346 g/mol. The molecule has 136 valence electrons. The number of carbonyl (C=O) groups excluding carboxylic acids is 1. The lowest BCUT2D eigenvalue weighted by Crippen LogP contribution is -2.32.